The molecule has 2 aromatic heterocycles. The molecular weight excluding hydrogens is 406 g/mol. The number of halogens is 1. The first-order valence-electron chi connectivity index (χ1n) is 9.56. The van der Waals surface area contributed by atoms with Gasteiger partial charge in [0.15, 0.2) is 17.1 Å². The molecule has 8 nitrogen and oxygen atoms in total. The van der Waals surface area contributed by atoms with E-state index >= 15 is 0 Å². The molecule has 0 atom stereocenters. The molecule has 1 aliphatic heterocycles. The molecule has 154 valence electrons. The summed E-state index contributed by atoms with van der Waals surface area (Å²) in [5, 5.41) is 16.8. The molecular formula is C21H20ClN5O3. The van der Waals surface area contributed by atoms with Crippen molar-refractivity contribution < 1.29 is 14.3 Å². The molecule has 0 radical (unpaired) electrons. The monoisotopic (exact) mass is 425 g/mol. The highest BCUT2D eigenvalue weighted by Crippen LogP contribution is 2.38. The van der Waals surface area contributed by atoms with Crippen molar-refractivity contribution >= 4 is 23.2 Å². The molecule has 0 aliphatic carbocycles. The second-order valence-electron chi connectivity index (χ2n) is 7.05. The van der Waals surface area contributed by atoms with Gasteiger partial charge in [0.2, 0.25) is 5.91 Å². The van der Waals surface area contributed by atoms with E-state index in [-0.39, 0.29) is 5.91 Å². The smallest absolute Gasteiger partial charge is 0.220 e. The van der Waals surface area contributed by atoms with Crippen molar-refractivity contribution in [3.8, 4) is 17.6 Å². The van der Waals surface area contributed by atoms with E-state index in [1.165, 1.54) is 6.20 Å². The van der Waals surface area contributed by atoms with Gasteiger partial charge < -0.3 is 14.8 Å². The van der Waals surface area contributed by atoms with Crippen molar-refractivity contribution in [1.29, 1.82) is 5.26 Å². The fraction of sp³-hybridized carbons (Fsp3) is 0.333. The molecule has 0 saturated carbocycles. The summed E-state index contributed by atoms with van der Waals surface area (Å²) >= 11 is 6.25. The van der Waals surface area contributed by atoms with E-state index in [1.54, 1.807) is 10.6 Å². The van der Waals surface area contributed by atoms with Gasteiger partial charge >= 0.3 is 0 Å². The van der Waals surface area contributed by atoms with Crippen LogP contribution in [0.1, 0.15) is 34.5 Å². The topological polar surface area (TPSA) is 102 Å². The number of hydrogen-bond acceptors (Lipinski definition) is 6. The number of rotatable bonds is 5. The van der Waals surface area contributed by atoms with E-state index in [1.807, 2.05) is 19.9 Å². The molecule has 3 aromatic rings. The number of nitrogens with one attached hydrogen (secondary N) is 1. The predicted molar refractivity (Wildman–Crippen MR) is 110 cm³/mol. The number of aryl methyl sites for hydroxylation is 2. The molecule has 0 saturated heterocycles. The molecule has 1 amide bonds. The van der Waals surface area contributed by atoms with Crippen LogP contribution in [0, 0.1) is 25.2 Å². The first-order valence-corrected chi connectivity index (χ1v) is 9.94. The van der Waals surface area contributed by atoms with Crippen molar-refractivity contribution in [3.63, 3.8) is 0 Å². The van der Waals surface area contributed by atoms with E-state index in [4.69, 9.17) is 26.3 Å². The number of nitrogens with zero attached hydrogens (tertiary/aromatic N) is 4. The Morgan fingerprint density at radius 2 is 2.13 bits per heavy atom. The fourth-order valence-corrected chi connectivity index (χ4v) is 3.83. The zero-order valence-corrected chi connectivity index (χ0v) is 17.4. The van der Waals surface area contributed by atoms with Crippen molar-refractivity contribution in [1.82, 2.24) is 19.9 Å². The summed E-state index contributed by atoms with van der Waals surface area (Å²) in [5.74, 6) is 1.06. The maximum absolute atomic E-state index is 12.4. The Morgan fingerprint density at radius 1 is 1.33 bits per heavy atom. The van der Waals surface area contributed by atoms with Gasteiger partial charge in [0.05, 0.1) is 11.2 Å². The van der Waals surface area contributed by atoms with Crippen LogP contribution in [0.5, 0.6) is 11.5 Å². The molecule has 1 N–H and O–H groups in total. The van der Waals surface area contributed by atoms with E-state index < -0.39 is 0 Å². The lowest BCUT2D eigenvalue weighted by molar-refractivity contribution is -0.121. The van der Waals surface area contributed by atoms with Crippen molar-refractivity contribution in [2.45, 2.75) is 33.2 Å². The Balaban J connectivity index is 1.41. The number of benzene rings is 1. The van der Waals surface area contributed by atoms with Gasteiger partial charge in [-0.3, -0.25) is 4.79 Å². The summed E-state index contributed by atoms with van der Waals surface area (Å²) in [5.41, 5.74) is 4.44. The summed E-state index contributed by atoms with van der Waals surface area (Å²) in [6, 6.07) is 5.69. The molecule has 0 fully saturated rings. The maximum Gasteiger partial charge on any atom is 0.220 e. The van der Waals surface area contributed by atoms with Gasteiger partial charge in [0.1, 0.15) is 24.8 Å². The average molecular weight is 426 g/mol. The Morgan fingerprint density at radius 3 is 2.93 bits per heavy atom. The normalized spacial score (nSPS) is 12.6. The second-order valence-corrected chi connectivity index (χ2v) is 7.45. The van der Waals surface area contributed by atoms with Crippen molar-refractivity contribution in [2.24, 2.45) is 0 Å². The summed E-state index contributed by atoms with van der Waals surface area (Å²) in [4.78, 5) is 16.9. The number of nitriles is 1. The van der Waals surface area contributed by atoms with E-state index in [0.717, 1.165) is 22.5 Å². The summed E-state index contributed by atoms with van der Waals surface area (Å²) in [6.45, 7) is 5.09. The van der Waals surface area contributed by atoms with Gasteiger partial charge in [-0.05, 0) is 43.5 Å². The minimum absolute atomic E-state index is 0.0851. The Labute approximate surface area is 178 Å². The van der Waals surface area contributed by atoms with Crippen LogP contribution >= 0.6 is 11.6 Å². The molecule has 0 spiro atoms. The lowest BCUT2D eigenvalue weighted by Gasteiger charge is -2.20. The van der Waals surface area contributed by atoms with Crippen molar-refractivity contribution in [3.05, 3.63) is 51.4 Å². The summed E-state index contributed by atoms with van der Waals surface area (Å²) in [7, 11) is 0. The molecule has 0 unspecified atom stereocenters. The minimum Gasteiger partial charge on any atom is -0.486 e. The highest BCUT2D eigenvalue weighted by molar-refractivity contribution is 6.32. The van der Waals surface area contributed by atoms with Crippen LogP contribution in [0.4, 0.5) is 0 Å². The largest absolute Gasteiger partial charge is 0.486 e. The zero-order valence-electron chi connectivity index (χ0n) is 16.7. The Kier molecular flexibility index (Phi) is 5.46. The van der Waals surface area contributed by atoms with E-state index in [0.29, 0.717) is 60.3 Å². The average Bonchev–Trinajstić information content (AvgIpc) is 3.15. The van der Waals surface area contributed by atoms with Crippen LogP contribution in [0.15, 0.2) is 18.3 Å². The van der Waals surface area contributed by atoms with Crippen LogP contribution in [0.25, 0.3) is 5.65 Å². The molecule has 9 heteroatoms. The lowest BCUT2D eigenvalue weighted by atomic mass is 10.1. The Bertz CT molecular complexity index is 1180. The van der Waals surface area contributed by atoms with Gasteiger partial charge in [-0.15, -0.1) is 0 Å². The Hall–Kier alpha value is -3.31. The zero-order chi connectivity index (χ0) is 21.3. The number of carbonyl (C=O) groups excluding carboxylic acids is 1. The highest BCUT2D eigenvalue weighted by atomic mass is 35.5. The van der Waals surface area contributed by atoms with Crippen LogP contribution in [0.2, 0.25) is 5.02 Å². The predicted octanol–water partition coefficient (Wildman–Crippen LogP) is 2.89. The highest BCUT2D eigenvalue weighted by Gasteiger charge is 2.18. The van der Waals surface area contributed by atoms with Crippen LogP contribution in [0.3, 0.4) is 0 Å². The fourth-order valence-electron chi connectivity index (χ4n) is 3.55. The van der Waals surface area contributed by atoms with Gasteiger partial charge in [-0.1, -0.05) is 11.6 Å². The lowest BCUT2D eigenvalue weighted by Crippen LogP contribution is -2.24. The SMILES string of the molecule is Cc1nc2c(C#N)cnn2c(C)c1CCC(=O)NCc1cc(Cl)c2c(c1)OCCO2. The van der Waals surface area contributed by atoms with E-state index in [2.05, 4.69) is 21.5 Å². The van der Waals surface area contributed by atoms with Gasteiger partial charge in [0.25, 0.3) is 0 Å². The minimum atomic E-state index is -0.0851. The van der Waals surface area contributed by atoms with Crippen LogP contribution < -0.4 is 14.8 Å². The number of carbonyl (C=O) groups is 1. The van der Waals surface area contributed by atoms with Gasteiger partial charge in [0, 0.05) is 24.4 Å². The number of aromatic nitrogens is 3. The first-order chi connectivity index (χ1) is 14.5. The molecule has 30 heavy (non-hydrogen) atoms. The second kappa shape index (κ2) is 8.20. The van der Waals surface area contributed by atoms with Gasteiger partial charge in [-0.25, -0.2) is 9.50 Å². The van der Waals surface area contributed by atoms with Crippen molar-refractivity contribution in [2.75, 3.05) is 13.2 Å². The molecule has 1 aromatic carbocycles. The number of ether oxygens (including phenoxy) is 2. The first kappa shape index (κ1) is 20.0. The summed E-state index contributed by atoms with van der Waals surface area (Å²) < 4.78 is 12.7. The standard InChI is InChI=1S/C21H20ClN5O3/c1-12-16(13(2)27-21(26-12)15(9-23)11-25-27)3-4-19(28)24-10-14-7-17(22)20-18(8-14)29-5-6-30-20/h7-8,11H,3-6,10H2,1-2H3,(H,24,28). The quantitative estimate of drug-likeness (QED) is 0.674. The molecule has 1 aliphatic rings. The third-order valence-corrected chi connectivity index (χ3v) is 5.36. The molecule has 4 rings (SSSR count). The van der Waals surface area contributed by atoms with Crippen LogP contribution in [-0.2, 0) is 17.8 Å². The maximum atomic E-state index is 12.4. The third-order valence-electron chi connectivity index (χ3n) is 5.08. The molecule has 3 heterocycles. The number of amides is 1. The van der Waals surface area contributed by atoms with Crippen LogP contribution in [-0.4, -0.2) is 33.7 Å². The third kappa shape index (κ3) is 3.76. The van der Waals surface area contributed by atoms with E-state index in [9.17, 15) is 4.79 Å². The number of hydrogen-bond donors (Lipinski definition) is 1. The molecule has 0 bridgehead atoms. The number of fused-ring (bicyclic) bond motifs is 2. The summed E-state index contributed by atoms with van der Waals surface area (Å²) in [6.07, 6.45) is 2.33. The van der Waals surface area contributed by atoms with Gasteiger partial charge in [-0.2, -0.15) is 10.4 Å².